The van der Waals surface area contributed by atoms with Crippen LogP contribution < -0.4 is 10.0 Å². The molecule has 0 radical (unpaired) electrons. The van der Waals surface area contributed by atoms with Gasteiger partial charge in [-0.25, -0.2) is 13.2 Å². The third-order valence-corrected chi connectivity index (χ3v) is 7.06. The fourth-order valence-corrected chi connectivity index (χ4v) is 4.71. The Kier molecular flexibility index (Phi) is 7.09. The van der Waals surface area contributed by atoms with Crippen molar-refractivity contribution in [2.45, 2.75) is 25.7 Å². The van der Waals surface area contributed by atoms with E-state index in [4.69, 9.17) is 11.6 Å². The molecular weight excluding hydrogens is 464 g/mol. The number of hydrogen-bond acceptors (Lipinski definition) is 5. The van der Waals surface area contributed by atoms with E-state index in [1.807, 2.05) is 19.9 Å². The predicted molar refractivity (Wildman–Crippen MR) is 129 cm³/mol. The predicted octanol–water partition coefficient (Wildman–Crippen LogP) is 5.10. The topological polar surface area (TPSA) is 102 Å². The number of amides is 1. The molecule has 0 aliphatic heterocycles. The summed E-state index contributed by atoms with van der Waals surface area (Å²) in [6.45, 7) is 5.37. The quantitative estimate of drug-likeness (QED) is 0.472. The van der Waals surface area contributed by atoms with E-state index in [-0.39, 0.29) is 26.7 Å². The molecular formula is C24H23ClN2O5S. The average Bonchev–Trinajstić information content (AvgIpc) is 2.77. The second-order valence-electron chi connectivity index (χ2n) is 7.47. The molecule has 33 heavy (non-hydrogen) atoms. The molecule has 0 bridgehead atoms. The van der Waals surface area contributed by atoms with Crippen molar-refractivity contribution in [2.75, 3.05) is 17.1 Å². The number of rotatable bonds is 6. The summed E-state index contributed by atoms with van der Waals surface area (Å²) in [6.07, 6.45) is 0. The lowest BCUT2D eigenvalue weighted by Crippen LogP contribution is -2.18. The zero-order chi connectivity index (χ0) is 24.3. The Labute approximate surface area is 197 Å². The minimum Gasteiger partial charge on any atom is -0.465 e. The number of methoxy groups -OCH3 is 1. The van der Waals surface area contributed by atoms with Crippen LogP contribution in [0.4, 0.5) is 11.4 Å². The number of carbonyl (C=O) groups is 2. The first-order valence-corrected chi connectivity index (χ1v) is 11.8. The fourth-order valence-electron chi connectivity index (χ4n) is 3.15. The smallest absolute Gasteiger partial charge is 0.337 e. The summed E-state index contributed by atoms with van der Waals surface area (Å²) < 4.78 is 33.5. The van der Waals surface area contributed by atoms with E-state index in [2.05, 4.69) is 14.8 Å². The van der Waals surface area contributed by atoms with Crippen molar-refractivity contribution in [3.05, 3.63) is 87.4 Å². The molecule has 0 atom stereocenters. The second kappa shape index (κ2) is 9.64. The van der Waals surface area contributed by atoms with Gasteiger partial charge in [0.05, 0.1) is 34.0 Å². The van der Waals surface area contributed by atoms with Crippen molar-refractivity contribution in [3.63, 3.8) is 0 Å². The number of sulfonamides is 1. The molecule has 0 aliphatic rings. The van der Waals surface area contributed by atoms with Crippen LogP contribution in [0, 0.1) is 20.8 Å². The van der Waals surface area contributed by atoms with Crippen LogP contribution in [0.15, 0.2) is 59.5 Å². The molecule has 0 fully saturated rings. The van der Waals surface area contributed by atoms with Crippen LogP contribution in [-0.4, -0.2) is 27.4 Å². The standard InChI is InChI=1S/C24H23ClN2O5S/c1-14-6-5-7-20(16(14)3)27-33(30,31)22-13-17(9-8-15(22)2)23(28)26-21-12-18(24(29)32-4)10-11-19(21)25/h5-13,27H,1-4H3,(H,26,28). The van der Waals surface area contributed by atoms with Crippen LogP contribution in [0.25, 0.3) is 0 Å². The van der Waals surface area contributed by atoms with Gasteiger partial charge in [-0.3, -0.25) is 9.52 Å². The highest BCUT2D eigenvalue weighted by molar-refractivity contribution is 7.92. The molecule has 3 aromatic carbocycles. The van der Waals surface area contributed by atoms with Gasteiger partial charge < -0.3 is 10.1 Å². The highest BCUT2D eigenvalue weighted by Crippen LogP contribution is 2.27. The third-order valence-electron chi connectivity index (χ3n) is 5.22. The molecule has 0 aromatic heterocycles. The monoisotopic (exact) mass is 486 g/mol. The molecule has 7 nitrogen and oxygen atoms in total. The van der Waals surface area contributed by atoms with Gasteiger partial charge in [0, 0.05) is 5.56 Å². The van der Waals surface area contributed by atoms with Crippen molar-refractivity contribution in [1.29, 1.82) is 0 Å². The van der Waals surface area contributed by atoms with Crippen LogP contribution in [0.5, 0.6) is 0 Å². The van der Waals surface area contributed by atoms with E-state index >= 15 is 0 Å². The molecule has 0 aliphatic carbocycles. The highest BCUT2D eigenvalue weighted by atomic mass is 35.5. The summed E-state index contributed by atoms with van der Waals surface area (Å²) in [5.41, 5.74) is 3.23. The number of benzene rings is 3. The fraction of sp³-hybridized carbons (Fsp3) is 0.167. The van der Waals surface area contributed by atoms with Gasteiger partial charge in [-0.15, -0.1) is 0 Å². The summed E-state index contributed by atoms with van der Waals surface area (Å²) in [7, 11) is -2.71. The number of hydrogen-bond donors (Lipinski definition) is 2. The summed E-state index contributed by atoms with van der Waals surface area (Å²) >= 11 is 6.15. The summed E-state index contributed by atoms with van der Waals surface area (Å²) in [4.78, 5) is 24.6. The van der Waals surface area contributed by atoms with Crippen LogP contribution >= 0.6 is 11.6 Å². The van der Waals surface area contributed by atoms with Gasteiger partial charge in [-0.1, -0.05) is 29.8 Å². The number of aryl methyl sites for hydroxylation is 2. The Morgan fingerprint density at radius 1 is 0.879 bits per heavy atom. The highest BCUT2D eigenvalue weighted by Gasteiger charge is 2.21. The van der Waals surface area contributed by atoms with E-state index in [0.717, 1.165) is 11.1 Å². The number of anilines is 2. The SMILES string of the molecule is COC(=O)c1ccc(Cl)c(NC(=O)c2ccc(C)c(S(=O)(=O)Nc3cccc(C)c3C)c2)c1. The van der Waals surface area contributed by atoms with Crippen molar-refractivity contribution in [3.8, 4) is 0 Å². The minimum absolute atomic E-state index is 0.0227. The van der Waals surface area contributed by atoms with Crippen LogP contribution in [0.2, 0.25) is 5.02 Å². The molecule has 0 saturated heterocycles. The normalized spacial score (nSPS) is 11.1. The Balaban J connectivity index is 1.92. The maximum absolute atomic E-state index is 13.1. The lowest BCUT2D eigenvalue weighted by Gasteiger charge is -2.15. The second-order valence-corrected chi connectivity index (χ2v) is 9.53. The van der Waals surface area contributed by atoms with Crippen molar-refractivity contribution >= 4 is 44.9 Å². The molecule has 1 amide bonds. The average molecular weight is 487 g/mol. The van der Waals surface area contributed by atoms with Crippen LogP contribution in [-0.2, 0) is 14.8 Å². The summed E-state index contributed by atoms with van der Waals surface area (Å²) in [5.74, 6) is -1.16. The zero-order valence-corrected chi connectivity index (χ0v) is 20.1. The maximum Gasteiger partial charge on any atom is 0.337 e. The summed E-state index contributed by atoms with van der Waals surface area (Å²) in [6, 6.07) is 14.0. The van der Waals surface area contributed by atoms with Crippen molar-refractivity contribution < 1.29 is 22.7 Å². The van der Waals surface area contributed by atoms with Gasteiger partial charge in [0.25, 0.3) is 15.9 Å². The Morgan fingerprint density at radius 3 is 2.27 bits per heavy atom. The molecule has 0 spiro atoms. The summed E-state index contributed by atoms with van der Waals surface area (Å²) in [5, 5.41) is 2.83. The van der Waals surface area contributed by atoms with Crippen LogP contribution in [0.1, 0.15) is 37.4 Å². The maximum atomic E-state index is 13.1. The number of ether oxygens (including phenoxy) is 1. The van der Waals surface area contributed by atoms with Gasteiger partial charge in [0.2, 0.25) is 0 Å². The minimum atomic E-state index is -3.96. The number of nitrogens with one attached hydrogen (secondary N) is 2. The van der Waals surface area contributed by atoms with Crippen LogP contribution in [0.3, 0.4) is 0 Å². The van der Waals surface area contributed by atoms with E-state index < -0.39 is 21.9 Å². The lowest BCUT2D eigenvalue weighted by atomic mass is 10.1. The van der Waals surface area contributed by atoms with Gasteiger partial charge in [-0.05, 0) is 73.9 Å². The first kappa shape index (κ1) is 24.3. The molecule has 3 aromatic rings. The molecule has 0 heterocycles. The largest absolute Gasteiger partial charge is 0.465 e. The lowest BCUT2D eigenvalue weighted by molar-refractivity contribution is 0.0600. The van der Waals surface area contributed by atoms with E-state index in [1.54, 1.807) is 25.1 Å². The molecule has 3 rings (SSSR count). The Bertz CT molecular complexity index is 1350. The Morgan fingerprint density at radius 2 is 1.58 bits per heavy atom. The molecule has 0 saturated carbocycles. The van der Waals surface area contributed by atoms with Gasteiger partial charge in [0.1, 0.15) is 0 Å². The zero-order valence-electron chi connectivity index (χ0n) is 18.5. The first-order valence-electron chi connectivity index (χ1n) is 9.92. The van der Waals surface area contributed by atoms with E-state index in [9.17, 15) is 18.0 Å². The van der Waals surface area contributed by atoms with Gasteiger partial charge >= 0.3 is 5.97 Å². The third kappa shape index (κ3) is 5.35. The number of halogens is 1. The molecule has 9 heteroatoms. The number of carbonyl (C=O) groups excluding carboxylic acids is 2. The Hall–Kier alpha value is -3.36. The van der Waals surface area contributed by atoms with E-state index in [1.165, 1.54) is 37.4 Å². The molecule has 2 N–H and O–H groups in total. The first-order chi connectivity index (χ1) is 15.5. The molecule has 172 valence electrons. The van der Waals surface area contributed by atoms with E-state index in [0.29, 0.717) is 11.3 Å². The van der Waals surface area contributed by atoms with Gasteiger partial charge in [0.15, 0.2) is 0 Å². The van der Waals surface area contributed by atoms with Crippen molar-refractivity contribution in [2.24, 2.45) is 0 Å². The number of esters is 1. The van der Waals surface area contributed by atoms with Gasteiger partial charge in [-0.2, -0.15) is 0 Å². The molecule has 0 unspecified atom stereocenters. The van der Waals surface area contributed by atoms with Crippen molar-refractivity contribution in [1.82, 2.24) is 0 Å².